The highest BCUT2D eigenvalue weighted by Crippen LogP contribution is 2.29. The number of benzene rings is 2. The van der Waals surface area contributed by atoms with Gasteiger partial charge in [0.2, 0.25) is 0 Å². The predicted molar refractivity (Wildman–Crippen MR) is 83.2 cm³/mol. The van der Waals surface area contributed by atoms with E-state index < -0.39 is 17.6 Å². The van der Waals surface area contributed by atoms with Crippen molar-refractivity contribution in [1.82, 2.24) is 5.32 Å². The van der Waals surface area contributed by atoms with E-state index in [4.69, 9.17) is 4.74 Å². The third-order valence-electron chi connectivity index (χ3n) is 3.61. The molecule has 0 fully saturated rings. The van der Waals surface area contributed by atoms with Crippen LogP contribution < -0.4 is 15.4 Å². The molecular weight excluding hydrogens is 337 g/mol. The molecule has 0 aromatic heterocycles. The Balaban J connectivity index is 1.65. The number of rotatable bonds is 3. The van der Waals surface area contributed by atoms with Crippen LogP contribution in [0.5, 0.6) is 5.75 Å². The molecule has 0 saturated carbocycles. The Morgan fingerprint density at radius 2 is 1.88 bits per heavy atom. The van der Waals surface area contributed by atoms with Crippen molar-refractivity contribution < 1.29 is 27.5 Å². The van der Waals surface area contributed by atoms with Crippen molar-refractivity contribution >= 4 is 17.5 Å². The lowest BCUT2D eigenvalue weighted by Gasteiger charge is -2.18. The molecule has 2 aromatic rings. The fraction of sp³-hybridized carbons (Fsp3) is 0.176. The minimum absolute atomic E-state index is 0.0769. The average molecular weight is 350 g/mol. The van der Waals surface area contributed by atoms with E-state index in [9.17, 15) is 22.8 Å². The molecule has 0 radical (unpaired) electrons. The van der Waals surface area contributed by atoms with Crippen LogP contribution in [0.2, 0.25) is 0 Å². The summed E-state index contributed by atoms with van der Waals surface area (Å²) in [5.74, 6) is -0.253. The van der Waals surface area contributed by atoms with Gasteiger partial charge in [0, 0.05) is 12.1 Å². The first-order valence-corrected chi connectivity index (χ1v) is 7.34. The van der Waals surface area contributed by atoms with Gasteiger partial charge in [0.1, 0.15) is 5.75 Å². The summed E-state index contributed by atoms with van der Waals surface area (Å²) in [5.41, 5.74) is 0.499. The van der Waals surface area contributed by atoms with Gasteiger partial charge in [-0.15, -0.1) is 0 Å². The third-order valence-corrected chi connectivity index (χ3v) is 3.61. The molecule has 2 N–H and O–H groups in total. The molecule has 0 spiro atoms. The van der Waals surface area contributed by atoms with Gasteiger partial charge in [-0.05, 0) is 35.9 Å². The van der Waals surface area contributed by atoms with E-state index in [0.29, 0.717) is 22.6 Å². The van der Waals surface area contributed by atoms with Crippen LogP contribution in [-0.2, 0) is 17.5 Å². The van der Waals surface area contributed by atoms with Gasteiger partial charge in [0.05, 0.1) is 11.3 Å². The number of nitrogens with one attached hydrogen (secondary N) is 2. The highest BCUT2D eigenvalue weighted by molar-refractivity contribution is 5.99. The van der Waals surface area contributed by atoms with Crippen LogP contribution in [0.3, 0.4) is 0 Å². The number of halogens is 3. The molecule has 2 amide bonds. The number of fused-ring (bicyclic) bond motifs is 1. The lowest BCUT2D eigenvalue weighted by molar-refractivity contribution is -0.137. The Bertz CT molecular complexity index is 817. The Kier molecular flexibility index (Phi) is 4.35. The maximum absolute atomic E-state index is 12.5. The van der Waals surface area contributed by atoms with E-state index in [1.54, 1.807) is 12.1 Å². The maximum atomic E-state index is 12.5. The van der Waals surface area contributed by atoms with Gasteiger partial charge in [0.25, 0.3) is 11.8 Å². The lowest BCUT2D eigenvalue weighted by atomic mass is 10.1. The zero-order chi connectivity index (χ0) is 18.0. The van der Waals surface area contributed by atoms with Crippen LogP contribution in [0.25, 0.3) is 0 Å². The quantitative estimate of drug-likeness (QED) is 0.894. The Labute approximate surface area is 140 Å². The largest absolute Gasteiger partial charge is 0.482 e. The second kappa shape index (κ2) is 6.46. The molecule has 3 rings (SSSR count). The van der Waals surface area contributed by atoms with Crippen molar-refractivity contribution in [2.75, 3.05) is 11.9 Å². The van der Waals surface area contributed by atoms with E-state index >= 15 is 0 Å². The summed E-state index contributed by atoms with van der Waals surface area (Å²) in [5, 5.41) is 5.22. The minimum atomic E-state index is -4.39. The Hall–Kier alpha value is -3.03. The van der Waals surface area contributed by atoms with Crippen molar-refractivity contribution in [3.63, 3.8) is 0 Å². The highest BCUT2D eigenvalue weighted by Gasteiger charge is 2.29. The molecular formula is C17H13F3N2O3. The molecule has 25 heavy (non-hydrogen) atoms. The number of carbonyl (C=O) groups is 2. The van der Waals surface area contributed by atoms with Crippen LogP contribution in [0, 0.1) is 0 Å². The van der Waals surface area contributed by atoms with Crippen molar-refractivity contribution in [1.29, 1.82) is 0 Å². The first-order valence-electron chi connectivity index (χ1n) is 7.34. The van der Waals surface area contributed by atoms with Crippen LogP contribution in [0.1, 0.15) is 21.5 Å². The molecule has 5 nitrogen and oxygen atoms in total. The van der Waals surface area contributed by atoms with Gasteiger partial charge >= 0.3 is 6.18 Å². The standard InChI is InChI=1S/C17H13F3N2O3/c18-17(19,20)12-4-1-10(2-5-12)8-21-16(24)11-3-6-14-13(7-11)22-15(23)9-25-14/h1-7H,8-9H2,(H,21,24)(H,22,23). The van der Waals surface area contributed by atoms with Crippen LogP contribution in [-0.4, -0.2) is 18.4 Å². The molecule has 2 aromatic carbocycles. The number of anilines is 1. The van der Waals surface area contributed by atoms with Crippen molar-refractivity contribution in [3.05, 3.63) is 59.2 Å². The predicted octanol–water partition coefficient (Wildman–Crippen LogP) is 2.97. The summed E-state index contributed by atoms with van der Waals surface area (Å²) in [6.07, 6.45) is -4.39. The first-order chi connectivity index (χ1) is 11.8. The molecule has 1 aliphatic heterocycles. The fourth-order valence-electron chi connectivity index (χ4n) is 2.32. The van der Waals surface area contributed by atoms with E-state index in [-0.39, 0.29) is 19.1 Å². The number of hydrogen-bond acceptors (Lipinski definition) is 3. The second-order valence-corrected chi connectivity index (χ2v) is 5.43. The normalized spacial score (nSPS) is 13.5. The van der Waals surface area contributed by atoms with E-state index in [1.807, 2.05) is 0 Å². The zero-order valence-electron chi connectivity index (χ0n) is 12.8. The van der Waals surface area contributed by atoms with Gasteiger partial charge in [0.15, 0.2) is 6.61 Å². The second-order valence-electron chi connectivity index (χ2n) is 5.43. The Morgan fingerprint density at radius 1 is 1.16 bits per heavy atom. The SMILES string of the molecule is O=C1COc2ccc(C(=O)NCc3ccc(C(F)(F)F)cc3)cc2N1. The van der Waals surface area contributed by atoms with Gasteiger partial charge in [-0.1, -0.05) is 12.1 Å². The topological polar surface area (TPSA) is 67.4 Å². The molecule has 0 atom stereocenters. The number of amides is 2. The van der Waals surface area contributed by atoms with Gasteiger partial charge in [-0.25, -0.2) is 0 Å². The first kappa shape index (κ1) is 16.8. The summed E-state index contributed by atoms with van der Waals surface area (Å²) >= 11 is 0. The van der Waals surface area contributed by atoms with Gasteiger partial charge in [-0.2, -0.15) is 13.2 Å². The summed E-state index contributed by atoms with van der Waals surface area (Å²) in [6.45, 7) is 0.00335. The molecule has 130 valence electrons. The summed E-state index contributed by atoms with van der Waals surface area (Å²) in [7, 11) is 0. The monoisotopic (exact) mass is 350 g/mol. The smallest absolute Gasteiger partial charge is 0.416 e. The molecule has 8 heteroatoms. The summed E-state index contributed by atoms with van der Waals surface area (Å²) in [6, 6.07) is 9.14. The van der Waals surface area contributed by atoms with Crippen LogP contribution in [0.15, 0.2) is 42.5 Å². The highest BCUT2D eigenvalue weighted by atomic mass is 19.4. The average Bonchev–Trinajstić information content (AvgIpc) is 2.58. The zero-order valence-corrected chi connectivity index (χ0v) is 12.8. The maximum Gasteiger partial charge on any atom is 0.416 e. The number of hydrogen-bond donors (Lipinski definition) is 2. The molecule has 0 saturated heterocycles. The van der Waals surface area contributed by atoms with Crippen molar-refractivity contribution in [2.24, 2.45) is 0 Å². The van der Waals surface area contributed by atoms with Crippen LogP contribution in [0.4, 0.5) is 18.9 Å². The van der Waals surface area contributed by atoms with Crippen LogP contribution >= 0.6 is 0 Å². The third kappa shape index (κ3) is 3.90. The van der Waals surface area contributed by atoms with Crippen molar-refractivity contribution in [3.8, 4) is 5.75 Å². The number of alkyl halides is 3. The molecule has 1 heterocycles. The fourth-order valence-corrected chi connectivity index (χ4v) is 2.32. The Morgan fingerprint density at radius 3 is 2.56 bits per heavy atom. The summed E-state index contributed by atoms with van der Waals surface area (Å²) in [4.78, 5) is 23.5. The molecule has 1 aliphatic rings. The van der Waals surface area contributed by atoms with E-state index in [0.717, 1.165) is 12.1 Å². The number of ether oxygens (including phenoxy) is 1. The summed E-state index contributed by atoms with van der Waals surface area (Å²) < 4.78 is 42.7. The van der Waals surface area contributed by atoms with E-state index in [2.05, 4.69) is 10.6 Å². The lowest BCUT2D eigenvalue weighted by Crippen LogP contribution is -2.27. The van der Waals surface area contributed by atoms with Gasteiger partial charge in [-0.3, -0.25) is 9.59 Å². The van der Waals surface area contributed by atoms with Crippen molar-refractivity contribution in [2.45, 2.75) is 12.7 Å². The minimum Gasteiger partial charge on any atom is -0.482 e. The van der Waals surface area contributed by atoms with E-state index in [1.165, 1.54) is 18.2 Å². The molecule has 0 aliphatic carbocycles. The van der Waals surface area contributed by atoms with Gasteiger partial charge < -0.3 is 15.4 Å². The number of carbonyl (C=O) groups excluding carboxylic acids is 2. The molecule has 0 bridgehead atoms. The molecule has 0 unspecified atom stereocenters.